The lowest BCUT2D eigenvalue weighted by atomic mass is 10.2. The Morgan fingerprint density at radius 2 is 2.15 bits per heavy atom. The molecule has 0 aliphatic rings. The number of nitriles is 1. The van der Waals surface area contributed by atoms with Gasteiger partial charge in [-0.05, 0) is 19.1 Å². The van der Waals surface area contributed by atoms with E-state index in [1.165, 1.54) is 27.1 Å². The Hall–Kier alpha value is -2.75. The van der Waals surface area contributed by atoms with E-state index >= 15 is 0 Å². The van der Waals surface area contributed by atoms with Crippen molar-refractivity contribution < 1.29 is 19.4 Å². The highest BCUT2D eigenvalue weighted by Gasteiger charge is 2.23. The lowest BCUT2D eigenvalue weighted by molar-refractivity contribution is -0.141. The van der Waals surface area contributed by atoms with Crippen molar-refractivity contribution in [1.82, 2.24) is 4.90 Å². The predicted octanol–water partition coefficient (Wildman–Crippen LogP) is 1.50. The number of amides is 2. The molecule has 0 aliphatic carbocycles. The Labute approximate surface area is 116 Å². The van der Waals surface area contributed by atoms with Crippen LogP contribution in [0.5, 0.6) is 5.75 Å². The van der Waals surface area contributed by atoms with Crippen LogP contribution in [0.4, 0.5) is 10.5 Å². The molecule has 1 unspecified atom stereocenters. The van der Waals surface area contributed by atoms with Gasteiger partial charge < -0.3 is 20.1 Å². The van der Waals surface area contributed by atoms with Gasteiger partial charge in [-0.15, -0.1) is 0 Å². The van der Waals surface area contributed by atoms with E-state index in [1.54, 1.807) is 12.1 Å². The van der Waals surface area contributed by atoms with Crippen LogP contribution in [0.25, 0.3) is 0 Å². The van der Waals surface area contributed by atoms with E-state index < -0.39 is 18.0 Å². The first-order valence-electron chi connectivity index (χ1n) is 5.76. The van der Waals surface area contributed by atoms with Gasteiger partial charge in [0, 0.05) is 7.05 Å². The van der Waals surface area contributed by atoms with Gasteiger partial charge in [0.05, 0.1) is 12.7 Å². The van der Waals surface area contributed by atoms with Crippen molar-refractivity contribution >= 4 is 17.7 Å². The van der Waals surface area contributed by atoms with Crippen LogP contribution in [0.2, 0.25) is 0 Å². The Morgan fingerprint density at radius 3 is 2.65 bits per heavy atom. The molecule has 2 N–H and O–H groups in total. The minimum Gasteiger partial charge on any atom is -0.495 e. The Kier molecular flexibility index (Phi) is 4.92. The number of para-hydroxylation sites is 1. The average molecular weight is 277 g/mol. The van der Waals surface area contributed by atoms with Crippen LogP contribution >= 0.6 is 0 Å². The highest BCUT2D eigenvalue weighted by molar-refractivity contribution is 5.94. The number of urea groups is 1. The topological polar surface area (TPSA) is 103 Å². The van der Waals surface area contributed by atoms with Crippen molar-refractivity contribution in [2.45, 2.75) is 13.0 Å². The molecule has 106 valence electrons. The Morgan fingerprint density at radius 1 is 1.50 bits per heavy atom. The number of carboxylic acid groups (broad SMARTS) is 1. The molecule has 0 fully saturated rings. The number of carbonyl (C=O) groups is 2. The fraction of sp³-hybridized carbons (Fsp3) is 0.308. The molecule has 1 aromatic rings. The van der Waals surface area contributed by atoms with E-state index in [0.29, 0.717) is 5.75 Å². The summed E-state index contributed by atoms with van der Waals surface area (Å²) < 4.78 is 5.08. The van der Waals surface area contributed by atoms with Gasteiger partial charge in [-0.3, -0.25) is 0 Å². The summed E-state index contributed by atoms with van der Waals surface area (Å²) in [6.07, 6.45) is 0. The number of rotatable bonds is 4. The number of aliphatic carboxylic acids is 1. The van der Waals surface area contributed by atoms with Gasteiger partial charge in [0.2, 0.25) is 0 Å². The molecule has 1 rings (SSSR count). The molecule has 1 aromatic carbocycles. The minimum atomic E-state index is -1.12. The lowest BCUT2D eigenvalue weighted by Gasteiger charge is -2.22. The molecule has 0 saturated heterocycles. The van der Waals surface area contributed by atoms with Crippen LogP contribution in [-0.4, -0.2) is 42.2 Å². The van der Waals surface area contributed by atoms with Crippen molar-refractivity contribution in [2.24, 2.45) is 0 Å². The van der Waals surface area contributed by atoms with E-state index in [0.717, 1.165) is 4.90 Å². The second kappa shape index (κ2) is 6.43. The van der Waals surface area contributed by atoms with Gasteiger partial charge in [0.25, 0.3) is 0 Å². The first kappa shape index (κ1) is 15.3. The van der Waals surface area contributed by atoms with Crippen molar-refractivity contribution in [3.05, 3.63) is 23.8 Å². The monoisotopic (exact) mass is 277 g/mol. The van der Waals surface area contributed by atoms with Crippen LogP contribution in [0.15, 0.2) is 18.2 Å². The van der Waals surface area contributed by atoms with Crippen molar-refractivity contribution in [3.8, 4) is 11.8 Å². The Bertz CT molecular complexity index is 565. The van der Waals surface area contributed by atoms with Crippen molar-refractivity contribution in [3.63, 3.8) is 0 Å². The molecule has 2 amide bonds. The summed E-state index contributed by atoms with van der Waals surface area (Å²) in [7, 11) is 2.77. The number of hydrogen-bond donors (Lipinski definition) is 2. The zero-order valence-corrected chi connectivity index (χ0v) is 11.4. The van der Waals surface area contributed by atoms with Gasteiger partial charge in [0.15, 0.2) is 0 Å². The number of ether oxygens (including phenoxy) is 1. The molecule has 0 radical (unpaired) electrons. The smallest absolute Gasteiger partial charge is 0.326 e. The SMILES string of the molecule is COc1cccc(C#N)c1NC(=O)N(C)C(C)C(=O)O. The number of carbonyl (C=O) groups excluding carboxylic acids is 1. The standard InChI is InChI=1S/C13H15N3O4/c1-8(12(17)18)16(2)13(19)15-11-9(7-14)5-4-6-10(11)20-3/h4-6,8H,1-3H3,(H,15,19)(H,17,18). The van der Waals surface area contributed by atoms with Crippen LogP contribution in [0.3, 0.4) is 0 Å². The maximum absolute atomic E-state index is 12.0. The average Bonchev–Trinajstić information content (AvgIpc) is 2.45. The van der Waals surface area contributed by atoms with Gasteiger partial charge in [-0.1, -0.05) is 6.07 Å². The van der Waals surface area contributed by atoms with E-state index in [9.17, 15) is 9.59 Å². The highest BCUT2D eigenvalue weighted by Crippen LogP contribution is 2.28. The zero-order valence-electron chi connectivity index (χ0n) is 11.4. The van der Waals surface area contributed by atoms with Crippen LogP contribution < -0.4 is 10.1 Å². The molecule has 20 heavy (non-hydrogen) atoms. The first-order chi connectivity index (χ1) is 9.42. The number of benzene rings is 1. The predicted molar refractivity (Wildman–Crippen MR) is 71.6 cm³/mol. The normalized spacial score (nSPS) is 11.1. The molecular formula is C13H15N3O4. The second-order valence-corrected chi connectivity index (χ2v) is 4.05. The van der Waals surface area contributed by atoms with Crippen molar-refractivity contribution in [2.75, 3.05) is 19.5 Å². The fourth-order valence-electron chi connectivity index (χ4n) is 1.46. The van der Waals surface area contributed by atoms with Gasteiger partial charge in [-0.2, -0.15) is 5.26 Å². The van der Waals surface area contributed by atoms with E-state index in [4.69, 9.17) is 15.1 Å². The summed E-state index contributed by atoms with van der Waals surface area (Å²) in [5.74, 6) is -0.794. The molecular weight excluding hydrogens is 262 g/mol. The lowest BCUT2D eigenvalue weighted by Crippen LogP contribution is -2.42. The van der Waals surface area contributed by atoms with Crippen LogP contribution in [0.1, 0.15) is 12.5 Å². The second-order valence-electron chi connectivity index (χ2n) is 4.05. The maximum Gasteiger partial charge on any atom is 0.326 e. The number of likely N-dealkylation sites (N-methyl/N-ethyl adjacent to an activating group) is 1. The quantitative estimate of drug-likeness (QED) is 0.868. The van der Waals surface area contributed by atoms with Gasteiger partial charge >= 0.3 is 12.0 Å². The molecule has 0 aromatic heterocycles. The van der Waals surface area contributed by atoms with Crippen LogP contribution in [0, 0.1) is 11.3 Å². The maximum atomic E-state index is 12.0. The van der Waals surface area contributed by atoms with E-state index in [2.05, 4.69) is 5.32 Å². The first-order valence-corrected chi connectivity index (χ1v) is 5.76. The molecule has 0 spiro atoms. The fourth-order valence-corrected chi connectivity index (χ4v) is 1.46. The number of anilines is 1. The highest BCUT2D eigenvalue weighted by atomic mass is 16.5. The minimum absolute atomic E-state index is 0.215. The number of carboxylic acids is 1. The van der Waals surface area contributed by atoms with Gasteiger partial charge in [-0.25, -0.2) is 9.59 Å². The van der Waals surface area contributed by atoms with Crippen molar-refractivity contribution in [1.29, 1.82) is 5.26 Å². The van der Waals surface area contributed by atoms with Crippen LogP contribution in [-0.2, 0) is 4.79 Å². The summed E-state index contributed by atoms with van der Waals surface area (Å²) in [5, 5.41) is 20.4. The van der Waals surface area contributed by atoms with E-state index in [-0.39, 0.29) is 11.3 Å². The number of methoxy groups -OCH3 is 1. The third kappa shape index (κ3) is 3.17. The summed E-state index contributed by atoms with van der Waals surface area (Å²) in [6.45, 7) is 1.38. The zero-order chi connectivity index (χ0) is 15.3. The molecule has 0 bridgehead atoms. The number of nitrogens with one attached hydrogen (secondary N) is 1. The summed E-state index contributed by atoms with van der Waals surface area (Å²) >= 11 is 0. The molecule has 7 nitrogen and oxygen atoms in total. The number of hydrogen-bond acceptors (Lipinski definition) is 4. The third-order valence-electron chi connectivity index (χ3n) is 2.86. The summed E-state index contributed by atoms with van der Waals surface area (Å²) in [5.41, 5.74) is 0.445. The van der Waals surface area contributed by atoms with Gasteiger partial charge in [0.1, 0.15) is 23.5 Å². The van der Waals surface area contributed by atoms with E-state index in [1.807, 2.05) is 6.07 Å². The number of nitrogens with zero attached hydrogens (tertiary/aromatic N) is 2. The summed E-state index contributed by atoms with van der Waals surface area (Å²) in [4.78, 5) is 23.9. The molecule has 0 heterocycles. The largest absolute Gasteiger partial charge is 0.495 e. The molecule has 0 aliphatic heterocycles. The Balaban J connectivity index is 3.02. The molecule has 0 saturated carbocycles. The third-order valence-corrected chi connectivity index (χ3v) is 2.86. The molecule has 7 heteroatoms. The summed E-state index contributed by atoms with van der Waals surface area (Å²) in [6, 6.07) is 5.05. The molecule has 1 atom stereocenters.